The van der Waals surface area contributed by atoms with Crippen molar-refractivity contribution in [3.05, 3.63) is 17.4 Å². The fourth-order valence-electron chi connectivity index (χ4n) is 1.86. The van der Waals surface area contributed by atoms with E-state index in [0.717, 1.165) is 6.42 Å². The standard InChI is InChI=1S/C17H26/c1-13-8-10-14(16(2,3)4)12-15(11-9-13)17(5,6)7/h8,13,15H,12H2,1-7H3. The molecule has 1 aliphatic carbocycles. The molecule has 1 rings (SSSR count). The van der Waals surface area contributed by atoms with Crippen molar-refractivity contribution in [2.24, 2.45) is 22.7 Å². The van der Waals surface area contributed by atoms with Crippen molar-refractivity contribution in [1.82, 2.24) is 0 Å². The molecule has 0 radical (unpaired) electrons. The summed E-state index contributed by atoms with van der Waals surface area (Å²) < 4.78 is 0. The molecule has 1 aliphatic rings. The largest absolute Gasteiger partial charge is 0.124 e. The van der Waals surface area contributed by atoms with E-state index < -0.39 is 0 Å². The molecule has 0 heteroatoms. The zero-order valence-corrected chi connectivity index (χ0v) is 12.4. The summed E-state index contributed by atoms with van der Waals surface area (Å²) in [5.74, 6) is 7.55. The number of allylic oxidation sites excluding steroid dienone is 1. The van der Waals surface area contributed by atoms with Gasteiger partial charge in [0, 0.05) is 11.8 Å². The summed E-state index contributed by atoms with van der Waals surface area (Å²) in [5, 5.41) is 0. The summed E-state index contributed by atoms with van der Waals surface area (Å²) in [6.45, 7) is 15.8. The van der Waals surface area contributed by atoms with Crippen molar-refractivity contribution in [2.75, 3.05) is 0 Å². The maximum atomic E-state index is 3.50. The fraction of sp³-hybridized carbons (Fsp3) is 0.706. The maximum Gasteiger partial charge on any atom is 0.0428 e. The lowest BCUT2D eigenvalue weighted by Crippen LogP contribution is -2.23. The van der Waals surface area contributed by atoms with Gasteiger partial charge in [-0.05, 0) is 35.8 Å². The van der Waals surface area contributed by atoms with Gasteiger partial charge in [-0.3, -0.25) is 0 Å². The summed E-state index contributed by atoms with van der Waals surface area (Å²) in [4.78, 5) is 0. The molecule has 0 amide bonds. The molecule has 94 valence electrons. The lowest BCUT2D eigenvalue weighted by Gasteiger charge is -2.31. The van der Waals surface area contributed by atoms with Crippen LogP contribution < -0.4 is 0 Å². The zero-order valence-electron chi connectivity index (χ0n) is 12.4. The molecule has 0 aliphatic heterocycles. The maximum absolute atomic E-state index is 3.50. The molecule has 0 bridgehead atoms. The van der Waals surface area contributed by atoms with E-state index in [-0.39, 0.29) is 10.8 Å². The van der Waals surface area contributed by atoms with Crippen LogP contribution in [0.25, 0.3) is 0 Å². The van der Waals surface area contributed by atoms with Crippen LogP contribution in [0.2, 0.25) is 0 Å². The van der Waals surface area contributed by atoms with Crippen LogP contribution in [0.4, 0.5) is 0 Å². The van der Waals surface area contributed by atoms with E-state index in [4.69, 9.17) is 0 Å². The van der Waals surface area contributed by atoms with Crippen molar-refractivity contribution in [1.29, 1.82) is 0 Å². The molecular weight excluding hydrogens is 204 g/mol. The molecule has 0 aromatic carbocycles. The molecule has 0 N–H and O–H groups in total. The Bertz CT molecular complexity index is 392. The third-order valence-corrected chi connectivity index (χ3v) is 3.35. The van der Waals surface area contributed by atoms with E-state index in [1.165, 1.54) is 5.57 Å². The molecule has 17 heavy (non-hydrogen) atoms. The van der Waals surface area contributed by atoms with Crippen LogP contribution in [0.5, 0.6) is 0 Å². The second-order valence-corrected chi connectivity index (χ2v) is 7.24. The third-order valence-electron chi connectivity index (χ3n) is 3.35. The van der Waals surface area contributed by atoms with E-state index in [2.05, 4.69) is 72.1 Å². The summed E-state index contributed by atoms with van der Waals surface area (Å²) >= 11 is 0. The van der Waals surface area contributed by atoms with Crippen LogP contribution in [0.15, 0.2) is 17.4 Å². The number of rotatable bonds is 0. The molecule has 0 saturated carbocycles. The van der Waals surface area contributed by atoms with Crippen molar-refractivity contribution in [3.8, 4) is 11.8 Å². The fourth-order valence-corrected chi connectivity index (χ4v) is 1.86. The lowest BCUT2D eigenvalue weighted by molar-refractivity contribution is 0.287. The predicted molar refractivity (Wildman–Crippen MR) is 75.6 cm³/mol. The SMILES string of the molecule is CC1C#CC(C(C)(C)C)CC(C(C)(C)C)=C=C1. The highest BCUT2D eigenvalue weighted by Gasteiger charge is 2.28. The highest BCUT2D eigenvalue weighted by Crippen LogP contribution is 2.37. The van der Waals surface area contributed by atoms with E-state index in [0.29, 0.717) is 11.8 Å². The van der Waals surface area contributed by atoms with Crippen LogP contribution >= 0.6 is 0 Å². The van der Waals surface area contributed by atoms with Crippen molar-refractivity contribution in [3.63, 3.8) is 0 Å². The first-order chi connectivity index (χ1) is 7.60. The van der Waals surface area contributed by atoms with Gasteiger partial charge in [0.05, 0.1) is 0 Å². The van der Waals surface area contributed by atoms with Crippen LogP contribution in [-0.2, 0) is 0 Å². The van der Waals surface area contributed by atoms with Gasteiger partial charge < -0.3 is 0 Å². The van der Waals surface area contributed by atoms with Crippen LogP contribution in [0.3, 0.4) is 0 Å². The van der Waals surface area contributed by atoms with Gasteiger partial charge in [0.15, 0.2) is 0 Å². The van der Waals surface area contributed by atoms with Gasteiger partial charge in [-0.25, -0.2) is 0 Å². The Morgan fingerprint density at radius 3 is 2.12 bits per heavy atom. The minimum atomic E-state index is 0.193. The zero-order chi connectivity index (χ0) is 13.3. The molecule has 0 aromatic heterocycles. The highest BCUT2D eigenvalue weighted by molar-refractivity contribution is 5.23. The summed E-state index contributed by atoms with van der Waals surface area (Å²) in [5.41, 5.74) is 5.34. The Balaban J connectivity index is 3.15. The van der Waals surface area contributed by atoms with Crippen molar-refractivity contribution in [2.45, 2.75) is 54.9 Å². The van der Waals surface area contributed by atoms with Crippen LogP contribution in [0.1, 0.15) is 54.9 Å². The second kappa shape index (κ2) is 4.75. The van der Waals surface area contributed by atoms with Gasteiger partial charge in [-0.15, -0.1) is 5.73 Å². The quantitative estimate of drug-likeness (QED) is 0.413. The molecule has 0 fully saturated rings. The topological polar surface area (TPSA) is 0 Å². The first-order valence-corrected chi connectivity index (χ1v) is 6.58. The van der Waals surface area contributed by atoms with Gasteiger partial charge in [-0.2, -0.15) is 0 Å². The third kappa shape index (κ3) is 4.10. The summed E-state index contributed by atoms with van der Waals surface area (Å²) in [7, 11) is 0. The Morgan fingerprint density at radius 2 is 1.65 bits per heavy atom. The van der Waals surface area contributed by atoms with Gasteiger partial charge in [0.2, 0.25) is 0 Å². The van der Waals surface area contributed by atoms with Crippen molar-refractivity contribution < 1.29 is 0 Å². The molecule has 2 atom stereocenters. The normalized spacial score (nSPS) is 25.5. The average Bonchev–Trinajstić information content (AvgIpc) is 2.07. The Labute approximate surface area is 107 Å². The molecule has 0 heterocycles. The van der Waals surface area contributed by atoms with Gasteiger partial charge in [0.1, 0.15) is 0 Å². The van der Waals surface area contributed by atoms with E-state index in [1.54, 1.807) is 0 Å². The molecule has 0 spiro atoms. The smallest absolute Gasteiger partial charge is 0.0428 e. The van der Waals surface area contributed by atoms with Crippen LogP contribution in [0, 0.1) is 34.5 Å². The average molecular weight is 230 g/mol. The monoisotopic (exact) mass is 230 g/mol. The molecule has 0 aromatic rings. The van der Waals surface area contributed by atoms with E-state index in [9.17, 15) is 0 Å². The Hall–Kier alpha value is -0.920. The first-order valence-electron chi connectivity index (χ1n) is 6.58. The minimum absolute atomic E-state index is 0.193. The Morgan fingerprint density at radius 1 is 1.06 bits per heavy atom. The van der Waals surface area contributed by atoms with Gasteiger partial charge in [-0.1, -0.05) is 53.4 Å². The number of hydrogen-bond acceptors (Lipinski definition) is 0. The lowest BCUT2D eigenvalue weighted by atomic mass is 9.72. The summed E-state index contributed by atoms with van der Waals surface area (Å²) in [6.07, 6.45) is 3.16. The highest BCUT2D eigenvalue weighted by atomic mass is 14.3. The Kier molecular flexibility index (Phi) is 3.95. The van der Waals surface area contributed by atoms with E-state index >= 15 is 0 Å². The number of hydrogen-bond donors (Lipinski definition) is 0. The van der Waals surface area contributed by atoms with E-state index in [1.807, 2.05) is 0 Å². The molecule has 0 nitrogen and oxygen atoms in total. The van der Waals surface area contributed by atoms with Gasteiger partial charge in [0.25, 0.3) is 0 Å². The minimum Gasteiger partial charge on any atom is -0.124 e. The predicted octanol–water partition coefficient (Wildman–Crippen LogP) is 4.82. The summed E-state index contributed by atoms with van der Waals surface area (Å²) in [6, 6.07) is 0. The van der Waals surface area contributed by atoms with Crippen LogP contribution in [-0.4, -0.2) is 0 Å². The molecule has 0 saturated heterocycles. The van der Waals surface area contributed by atoms with Crippen molar-refractivity contribution >= 4 is 0 Å². The molecular formula is C17H26. The first kappa shape index (κ1) is 14.1. The van der Waals surface area contributed by atoms with Gasteiger partial charge >= 0.3 is 0 Å². The molecule has 2 unspecified atom stereocenters. The second-order valence-electron chi connectivity index (χ2n) is 7.24.